The molecule has 0 fully saturated rings. The van der Waals surface area contributed by atoms with Gasteiger partial charge in [-0.1, -0.05) is 30.3 Å². The van der Waals surface area contributed by atoms with Crippen molar-refractivity contribution in [3.63, 3.8) is 0 Å². The van der Waals surface area contributed by atoms with Crippen LogP contribution in [0.4, 0.5) is 10.7 Å². The van der Waals surface area contributed by atoms with E-state index in [4.69, 9.17) is 4.74 Å². The molecule has 0 saturated carbocycles. The third-order valence-corrected chi connectivity index (χ3v) is 4.38. The number of nitrogens with one attached hydrogen (secondary N) is 2. The zero-order chi connectivity index (χ0) is 21.7. The Hall–Kier alpha value is -3.36. The van der Waals surface area contributed by atoms with E-state index >= 15 is 0 Å². The predicted molar refractivity (Wildman–Crippen MR) is 115 cm³/mol. The number of carbonyl (C=O) groups excluding carboxylic acids is 1. The second-order valence-electron chi connectivity index (χ2n) is 8.08. The summed E-state index contributed by atoms with van der Waals surface area (Å²) in [7, 11) is 1.75. The Labute approximate surface area is 175 Å². The standard InChI is InChI=1S/C21H28N6O3/c1-21(2,3)30-20(29)22-11-8-12-27(14-15-9-6-5-7-10-15)19-24-17-16(18(28)25-19)13-23-26(17)4/h5-7,9-10,13H,8,11-12,14H2,1-4H3,(H,22,29)(H,24,25,28). The molecule has 9 nitrogen and oxygen atoms in total. The van der Waals surface area contributed by atoms with E-state index in [1.54, 1.807) is 11.7 Å². The lowest BCUT2D eigenvalue weighted by atomic mass is 10.2. The smallest absolute Gasteiger partial charge is 0.407 e. The molecular weight excluding hydrogens is 384 g/mol. The Balaban J connectivity index is 1.74. The van der Waals surface area contributed by atoms with Crippen molar-refractivity contribution in [1.29, 1.82) is 0 Å². The minimum absolute atomic E-state index is 0.229. The van der Waals surface area contributed by atoms with Crippen molar-refractivity contribution in [3.8, 4) is 0 Å². The monoisotopic (exact) mass is 412 g/mol. The third-order valence-electron chi connectivity index (χ3n) is 4.38. The Morgan fingerprint density at radius 1 is 1.27 bits per heavy atom. The number of fused-ring (bicyclic) bond motifs is 1. The maximum atomic E-state index is 12.5. The Bertz CT molecular complexity index is 1050. The highest BCUT2D eigenvalue weighted by Crippen LogP contribution is 2.15. The van der Waals surface area contributed by atoms with Crippen molar-refractivity contribution < 1.29 is 9.53 Å². The summed E-state index contributed by atoms with van der Waals surface area (Å²) in [5.74, 6) is 0.470. The molecule has 0 spiro atoms. The van der Waals surface area contributed by atoms with Crippen LogP contribution in [0.3, 0.4) is 0 Å². The van der Waals surface area contributed by atoms with E-state index < -0.39 is 11.7 Å². The molecular formula is C21H28N6O3. The number of hydrogen-bond donors (Lipinski definition) is 2. The number of ether oxygens (including phenoxy) is 1. The van der Waals surface area contributed by atoms with Crippen LogP contribution >= 0.6 is 0 Å². The van der Waals surface area contributed by atoms with Crippen molar-refractivity contribution in [3.05, 3.63) is 52.4 Å². The summed E-state index contributed by atoms with van der Waals surface area (Å²) in [5.41, 5.74) is 0.850. The van der Waals surface area contributed by atoms with Gasteiger partial charge in [0.1, 0.15) is 11.0 Å². The molecule has 0 aliphatic rings. The summed E-state index contributed by atoms with van der Waals surface area (Å²) in [6.07, 6.45) is 1.72. The second kappa shape index (κ2) is 8.98. The van der Waals surface area contributed by atoms with Gasteiger partial charge in [-0.2, -0.15) is 10.1 Å². The zero-order valence-corrected chi connectivity index (χ0v) is 17.8. The van der Waals surface area contributed by atoms with Crippen LogP contribution in [0.25, 0.3) is 11.0 Å². The molecule has 160 valence electrons. The average Bonchev–Trinajstić information content (AvgIpc) is 3.05. The van der Waals surface area contributed by atoms with Crippen LogP contribution in [0.1, 0.15) is 32.8 Å². The molecule has 9 heteroatoms. The highest BCUT2D eigenvalue weighted by molar-refractivity contribution is 5.74. The van der Waals surface area contributed by atoms with Gasteiger partial charge in [0.2, 0.25) is 5.95 Å². The lowest BCUT2D eigenvalue weighted by Gasteiger charge is -2.24. The van der Waals surface area contributed by atoms with Crippen molar-refractivity contribution in [2.75, 3.05) is 18.0 Å². The number of aromatic amines is 1. The average molecular weight is 412 g/mol. The van der Waals surface area contributed by atoms with Crippen LogP contribution in [0.15, 0.2) is 41.3 Å². The molecule has 2 heterocycles. The molecule has 0 saturated heterocycles. The van der Waals surface area contributed by atoms with Gasteiger partial charge in [-0.05, 0) is 32.8 Å². The lowest BCUT2D eigenvalue weighted by molar-refractivity contribution is 0.0527. The van der Waals surface area contributed by atoms with Crippen LogP contribution < -0.4 is 15.8 Å². The quantitative estimate of drug-likeness (QED) is 0.578. The fourth-order valence-electron chi connectivity index (χ4n) is 3.01. The second-order valence-corrected chi connectivity index (χ2v) is 8.08. The van der Waals surface area contributed by atoms with Gasteiger partial charge < -0.3 is 15.0 Å². The number of hydrogen-bond acceptors (Lipinski definition) is 6. The fraction of sp³-hybridized carbons (Fsp3) is 0.429. The number of alkyl carbamates (subject to hydrolysis) is 1. The minimum atomic E-state index is -0.536. The number of benzene rings is 1. The van der Waals surface area contributed by atoms with Gasteiger partial charge in [-0.3, -0.25) is 14.5 Å². The van der Waals surface area contributed by atoms with E-state index in [0.29, 0.717) is 43.0 Å². The van der Waals surface area contributed by atoms with Gasteiger partial charge in [0.05, 0.1) is 6.20 Å². The minimum Gasteiger partial charge on any atom is -0.444 e. The summed E-state index contributed by atoms with van der Waals surface area (Å²) in [4.78, 5) is 33.8. The fourth-order valence-corrected chi connectivity index (χ4v) is 3.01. The molecule has 2 aromatic heterocycles. The molecule has 0 bridgehead atoms. The first-order valence-electron chi connectivity index (χ1n) is 9.91. The molecule has 0 radical (unpaired) electrons. The van der Waals surface area contributed by atoms with Crippen LogP contribution in [0.5, 0.6) is 0 Å². The van der Waals surface area contributed by atoms with Crippen molar-refractivity contribution in [2.24, 2.45) is 7.05 Å². The van der Waals surface area contributed by atoms with Gasteiger partial charge in [0.25, 0.3) is 5.56 Å². The summed E-state index contributed by atoms with van der Waals surface area (Å²) in [6, 6.07) is 9.94. The first kappa shape index (κ1) is 21.4. The number of amides is 1. The summed E-state index contributed by atoms with van der Waals surface area (Å²) < 4.78 is 6.84. The van der Waals surface area contributed by atoms with E-state index in [0.717, 1.165) is 5.56 Å². The van der Waals surface area contributed by atoms with E-state index in [9.17, 15) is 9.59 Å². The first-order chi connectivity index (χ1) is 14.2. The molecule has 3 aromatic rings. The Morgan fingerprint density at radius 2 is 2.00 bits per heavy atom. The van der Waals surface area contributed by atoms with E-state index in [-0.39, 0.29) is 5.56 Å². The number of carbonyl (C=O) groups is 1. The van der Waals surface area contributed by atoms with Crippen LogP contribution in [0.2, 0.25) is 0 Å². The molecule has 0 aliphatic heterocycles. The molecule has 1 amide bonds. The zero-order valence-electron chi connectivity index (χ0n) is 17.8. The normalized spacial score (nSPS) is 11.5. The van der Waals surface area contributed by atoms with E-state index in [1.165, 1.54) is 6.20 Å². The van der Waals surface area contributed by atoms with Crippen molar-refractivity contribution in [1.82, 2.24) is 25.1 Å². The third kappa shape index (κ3) is 5.59. The molecule has 30 heavy (non-hydrogen) atoms. The number of rotatable bonds is 7. The van der Waals surface area contributed by atoms with Gasteiger partial charge in [0.15, 0.2) is 5.65 Å². The number of anilines is 1. The molecule has 0 aliphatic carbocycles. The Morgan fingerprint density at radius 3 is 2.70 bits per heavy atom. The molecule has 2 N–H and O–H groups in total. The van der Waals surface area contributed by atoms with Crippen molar-refractivity contribution >= 4 is 23.1 Å². The molecule has 3 rings (SSSR count). The largest absolute Gasteiger partial charge is 0.444 e. The van der Waals surface area contributed by atoms with Crippen LogP contribution in [-0.4, -0.2) is 44.5 Å². The first-order valence-corrected chi connectivity index (χ1v) is 9.91. The lowest BCUT2D eigenvalue weighted by Crippen LogP contribution is -2.35. The predicted octanol–water partition coefficient (Wildman–Crippen LogP) is 2.58. The topological polar surface area (TPSA) is 105 Å². The summed E-state index contributed by atoms with van der Waals surface area (Å²) in [6.45, 7) is 7.06. The molecule has 1 aromatic carbocycles. The number of aromatic nitrogens is 4. The Kier molecular flexibility index (Phi) is 6.39. The maximum absolute atomic E-state index is 12.5. The van der Waals surface area contributed by atoms with E-state index in [2.05, 4.69) is 20.4 Å². The highest BCUT2D eigenvalue weighted by Gasteiger charge is 2.17. The highest BCUT2D eigenvalue weighted by atomic mass is 16.6. The SMILES string of the molecule is Cn1ncc2c(=O)[nH]c(N(CCCNC(=O)OC(C)(C)C)Cc3ccccc3)nc21. The molecule has 0 unspecified atom stereocenters. The van der Waals surface area contributed by atoms with Gasteiger partial charge in [0, 0.05) is 26.7 Å². The number of H-pyrrole nitrogens is 1. The van der Waals surface area contributed by atoms with Gasteiger partial charge >= 0.3 is 6.09 Å². The van der Waals surface area contributed by atoms with E-state index in [1.807, 2.05) is 56.0 Å². The van der Waals surface area contributed by atoms with Crippen molar-refractivity contribution in [2.45, 2.75) is 39.3 Å². The van der Waals surface area contributed by atoms with Crippen LogP contribution in [-0.2, 0) is 18.3 Å². The number of nitrogens with zero attached hydrogens (tertiary/aromatic N) is 4. The summed E-state index contributed by atoms with van der Waals surface area (Å²) >= 11 is 0. The van der Waals surface area contributed by atoms with Gasteiger partial charge in [-0.25, -0.2) is 4.79 Å². The number of aryl methyl sites for hydroxylation is 1. The maximum Gasteiger partial charge on any atom is 0.407 e. The molecule has 0 atom stereocenters. The summed E-state index contributed by atoms with van der Waals surface area (Å²) in [5, 5.41) is 7.33. The van der Waals surface area contributed by atoms with Gasteiger partial charge in [-0.15, -0.1) is 0 Å². The van der Waals surface area contributed by atoms with Crippen LogP contribution in [0, 0.1) is 0 Å².